The van der Waals surface area contributed by atoms with Crippen LogP contribution in [0.1, 0.15) is 10.4 Å². The Morgan fingerprint density at radius 3 is 2.26 bits per heavy atom. The molecule has 2 rings (SSSR count). The SMILES string of the molecule is COC(=O)c1ccc(NS(=O)(=O)c2ccc(F)c(F)c2)c(F)c1. The lowest BCUT2D eigenvalue weighted by Gasteiger charge is -2.10. The highest BCUT2D eigenvalue weighted by Gasteiger charge is 2.19. The quantitative estimate of drug-likeness (QED) is 0.865. The standard InChI is InChI=1S/C14H10F3NO4S/c1-22-14(19)8-2-5-13(12(17)6-8)18-23(20,21)9-3-4-10(15)11(16)7-9/h2-7,18H,1H3. The molecule has 0 fully saturated rings. The number of esters is 1. The predicted octanol–water partition coefficient (Wildman–Crippen LogP) is 2.69. The molecule has 1 N–H and O–H groups in total. The number of benzene rings is 2. The summed E-state index contributed by atoms with van der Waals surface area (Å²) in [7, 11) is -3.22. The molecule has 0 aliphatic carbocycles. The summed E-state index contributed by atoms with van der Waals surface area (Å²) in [5.74, 6) is -4.38. The van der Waals surface area contributed by atoms with Gasteiger partial charge in [-0.3, -0.25) is 4.72 Å². The molecule has 0 bridgehead atoms. The summed E-state index contributed by atoms with van der Waals surface area (Å²) >= 11 is 0. The lowest BCUT2D eigenvalue weighted by Crippen LogP contribution is -2.15. The third-order valence-corrected chi connectivity index (χ3v) is 4.20. The van der Waals surface area contributed by atoms with Gasteiger partial charge in [0.25, 0.3) is 10.0 Å². The number of anilines is 1. The Morgan fingerprint density at radius 1 is 1.00 bits per heavy atom. The molecule has 0 saturated heterocycles. The molecule has 0 heterocycles. The molecule has 5 nitrogen and oxygen atoms in total. The molecule has 0 saturated carbocycles. The highest BCUT2D eigenvalue weighted by atomic mass is 32.2. The highest BCUT2D eigenvalue weighted by molar-refractivity contribution is 7.92. The molecular weight excluding hydrogens is 335 g/mol. The smallest absolute Gasteiger partial charge is 0.337 e. The molecule has 2 aromatic carbocycles. The van der Waals surface area contributed by atoms with Gasteiger partial charge in [0, 0.05) is 0 Å². The second-order valence-electron chi connectivity index (χ2n) is 4.37. The van der Waals surface area contributed by atoms with E-state index in [-0.39, 0.29) is 5.56 Å². The van der Waals surface area contributed by atoms with Crippen molar-refractivity contribution in [3.63, 3.8) is 0 Å². The van der Waals surface area contributed by atoms with Crippen molar-refractivity contribution in [1.82, 2.24) is 0 Å². The Hall–Kier alpha value is -2.55. The van der Waals surface area contributed by atoms with Crippen LogP contribution in [0.5, 0.6) is 0 Å². The maximum Gasteiger partial charge on any atom is 0.337 e. The van der Waals surface area contributed by atoms with Crippen LogP contribution in [-0.4, -0.2) is 21.5 Å². The number of methoxy groups -OCH3 is 1. The number of carbonyl (C=O) groups is 1. The van der Waals surface area contributed by atoms with E-state index in [1.807, 2.05) is 4.72 Å². The topological polar surface area (TPSA) is 72.5 Å². The number of halogens is 3. The second-order valence-corrected chi connectivity index (χ2v) is 6.05. The van der Waals surface area contributed by atoms with Gasteiger partial charge in [-0.25, -0.2) is 26.4 Å². The molecule has 2 aromatic rings. The van der Waals surface area contributed by atoms with Crippen molar-refractivity contribution < 1.29 is 31.1 Å². The molecule has 0 radical (unpaired) electrons. The zero-order valence-corrected chi connectivity index (χ0v) is 12.5. The van der Waals surface area contributed by atoms with E-state index >= 15 is 0 Å². The van der Waals surface area contributed by atoms with Crippen molar-refractivity contribution in [2.45, 2.75) is 4.90 Å². The average molecular weight is 345 g/mol. The van der Waals surface area contributed by atoms with Crippen LogP contribution in [0.15, 0.2) is 41.3 Å². The predicted molar refractivity (Wildman–Crippen MR) is 74.9 cm³/mol. The molecule has 0 unspecified atom stereocenters. The van der Waals surface area contributed by atoms with Gasteiger partial charge >= 0.3 is 5.97 Å². The van der Waals surface area contributed by atoms with Crippen molar-refractivity contribution in [3.8, 4) is 0 Å². The van der Waals surface area contributed by atoms with Gasteiger partial charge in [-0.1, -0.05) is 0 Å². The summed E-state index contributed by atoms with van der Waals surface area (Å²) in [5, 5.41) is 0. The summed E-state index contributed by atoms with van der Waals surface area (Å²) in [5.41, 5.74) is -0.567. The number of hydrogen-bond acceptors (Lipinski definition) is 4. The first kappa shape index (κ1) is 16.8. The maximum atomic E-state index is 13.9. The maximum absolute atomic E-state index is 13.9. The van der Waals surface area contributed by atoms with E-state index in [1.54, 1.807) is 0 Å². The minimum Gasteiger partial charge on any atom is -0.465 e. The first-order chi connectivity index (χ1) is 10.7. The van der Waals surface area contributed by atoms with Crippen LogP contribution in [-0.2, 0) is 14.8 Å². The largest absolute Gasteiger partial charge is 0.465 e. The molecule has 122 valence electrons. The molecule has 0 amide bonds. The lowest BCUT2D eigenvalue weighted by atomic mass is 10.2. The molecule has 0 spiro atoms. The number of carbonyl (C=O) groups excluding carboxylic acids is 1. The molecule has 0 atom stereocenters. The van der Waals surface area contributed by atoms with E-state index in [9.17, 15) is 26.4 Å². The second kappa shape index (κ2) is 6.29. The fraction of sp³-hybridized carbons (Fsp3) is 0.0714. The molecule has 0 aliphatic rings. The summed E-state index contributed by atoms with van der Waals surface area (Å²) in [4.78, 5) is 10.7. The van der Waals surface area contributed by atoms with Crippen molar-refractivity contribution in [1.29, 1.82) is 0 Å². The van der Waals surface area contributed by atoms with E-state index < -0.39 is 44.0 Å². The number of rotatable bonds is 4. The van der Waals surface area contributed by atoms with Gasteiger partial charge in [0.1, 0.15) is 5.82 Å². The number of hydrogen-bond donors (Lipinski definition) is 1. The molecular formula is C14H10F3NO4S. The van der Waals surface area contributed by atoms with E-state index in [2.05, 4.69) is 4.74 Å². The molecule has 0 aromatic heterocycles. The van der Waals surface area contributed by atoms with Crippen LogP contribution < -0.4 is 4.72 Å². The Bertz CT molecular complexity index is 868. The third-order valence-electron chi connectivity index (χ3n) is 2.84. The fourth-order valence-corrected chi connectivity index (χ4v) is 2.77. The highest BCUT2D eigenvalue weighted by Crippen LogP contribution is 2.21. The lowest BCUT2D eigenvalue weighted by molar-refractivity contribution is 0.0600. The van der Waals surface area contributed by atoms with Crippen LogP contribution in [0.4, 0.5) is 18.9 Å². The van der Waals surface area contributed by atoms with Gasteiger partial charge in [-0.15, -0.1) is 0 Å². The van der Waals surface area contributed by atoms with Gasteiger partial charge in [-0.2, -0.15) is 0 Å². The Morgan fingerprint density at radius 2 is 1.70 bits per heavy atom. The van der Waals surface area contributed by atoms with Crippen LogP contribution in [0.2, 0.25) is 0 Å². The monoisotopic (exact) mass is 345 g/mol. The normalized spacial score (nSPS) is 11.1. The van der Waals surface area contributed by atoms with Crippen LogP contribution in [0.3, 0.4) is 0 Å². The first-order valence-corrected chi connectivity index (χ1v) is 7.58. The van der Waals surface area contributed by atoms with Crippen LogP contribution in [0, 0.1) is 17.5 Å². The fourth-order valence-electron chi connectivity index (χ4n) is 1.69. The minimum atomic E-state index is -4.33. The Balaban J connectivity index is 2.33. The van der Waals surface area contributed by atoms with Crippen molar-refractivity contribution in [2.75, 3.05) is 11.8 Å². The van der Waals surface area contributed by atoms with Crippen molar-refractivity contribution in [3.05, 3.63) is 59.4 Å². The van der Waals surface area contributed by atoms with Gasteiger partial charge in [0.05, 0.1) is 23.3 Å². The van der Waals surface area contributed by atoms with Crippen molar-refractivity contribution in [2.24, 2.45) is 0 Å². The van der Waals surface area contributed by atoms with E-state index in [1.165, 1.54) is 0 Å². The minimum absolute atomic E-state index is 0.110. The zero-order chi connectivity index (χ0) is 17.2. The number of ether oxygens (including phenoxy) is 1. The summed E-state index contributed by atoms with van der Waals surface area (Å²) in [6.45, 7) is 0. The van der Waals surface area contributed by atoms with Crippen molar-refractivity contribution >= 4 is 21.7 Å². The average Bonchev–Trinajstić information content (AvgIpc) is 2.51. The van der Waals surface area contributed by atoms with Gasteiger partial charge in [0.2, 0.25) is 0 Å². The zero-order valence-electron chi connectivity index (χ0n) is 11.6. The molecule has 0 aliphatic heterocycles. The van der Waals surface area contributed by atoms with E-state index in [4.69, 9.17) is 0 Å². The first-order valence-electron chi connectivity index (χ1n) is 6.10. The molecule has 9 heteroatoms. The summed E-state index contributed by atoms with van der Waals surface area (Å²) < 4.78 is 70.2. The number of sulfonamides is 1. The van der Waals surface area contributed by atoms with Gasteiger partial charge in [-0.05, 0) is 36.4 Å². The van der Waals surface area contributed by atoms with E-state index in [0.29, 0.717) is 12.1 Å². The molecule has 23 heavy (non-hydrogen) atoms. The Kier molecular flexibility index (Phi) is 4.60. The van der Waals surface area contributed by atoms with Crippen LogP contribution in [0.25, 0.3) is 0 Å². The summed E-state index contributed by atoms with van der Waals surface area (Å²) in [6, 6.07) is 4.90. The van der Waals surface area contributed by atoms with E-state index in [0.717, 1.165) is 31.4 Å². The van der Waals surface area contributed by atoms with Gasteiger partial charge < -0.3 is 4.74 Å². The van der Waals surface area contributed by atoms with Gasteiger partial charge in [0.15, 0.2) is 11.6 Å². The third kappa shape index (κ3) is 3.62. The summed E-state index contributed by atoms with van der Waals surface area (Å²) in [6.07, 6.45) is 0. The Labute approximate surface area is 129 Å². The van der Waals surface area contributed by atoms with Crippen LogP contribution >= 0.6 is 0 Å². The number of nitrogens with one attached hydrogen (secondary N) is 1.